The monoisotopic (exact) mass is 444 g/mol. The Bertz CT molecular complexity index is 1180. The van der Waals surface area contributed by atoms with Crippen LogP contribution in [-0.4, -0.2) is 44.6 Å². The van der Waals surface area contributed by atoms with Crippen LogP contribution in [0, 0.1) is 11.6 Å². The van der Waals surface area contributed by atoms with E-state index in [1.807, 2.05) is 0 Å². The van der Waals surface area contributed by atoms with Crippen molar-refractivity contribution in [1.29, 1.82) is 0 Å². The van der Waals surface area contributed by atoms with Gasteiger partial charge in [0.1, 0.15) is 23.4 Å². The molecule has 5 rings (SSSR count). The van der Waals surface area contributed by atoms with Crippen molar-refractivity contribution in [3.63, 3.8) is 0 Å². The Morgan fingerprint density at radius 2 is 2.00 bits per heavy atom. The Morgan fingerprint density at radius 3 is 2.78 bits per heavy atom. The van der Waals surface area contributed by atoms with E-state index in [0.29, 0.717) is 6.07 Å². The van der Waals surface area contributed by atoms with Crippen LogP contribution in [0.2, 0.25) is 0 Å². The highest BCUT2D eigenvalue weighted by atomic mass is 19.1. The van der Waals surface area contributed by atoms with Gasteiger partial charge in [0.2, 0.25) is 5.43 Å². The molecule has 1 aromatic carbocycles. The van der Waals surface area contributed by atoms with Crippen LogP contribution in [0.1, 0.15) is 52.1 Å². The SMILES string of the molecule is O=C(NCc1ccc(F)cc1F)c1cn2c(c(O)c1=O)C(=O)N1C(C2)NC2CCCCC21. The van der Waals surface area contributed by atoms with Gasteiger partial charge in [0.25, 0.3) is 11.8 Å². The average Bonchev–Trinajstić information content (AvgIpc) is 3.14. The number of carbonyl (C=O) groups excluding carboxylic acids is 2. The third kappa shape index (κ3) is 3.26. The number of rotatable bonds is 3. The van der Waals surface area contributed by atoms with Crippen molar-refractivity contribution < 1.29 is 23.5 Å². The number of nitrogens with zero attached hydrogens (tertiary/aromatic N) is 2. The lowest BCUT2D eigenvalue weighted by Gasteiger charge is -2.37. The van der Waals surface area contributed by atoms with Gasteiger partial charge in [-0.05, 0) is 18.9 Å². The minimum atomic E-state index is -0.965. The van der Waals surface area contributed by atoms with Crippen molar-refractivity contribution in [2.75, 3.05) is 0 Å². The molecule has 10 heteroatoms. The molecule has 2 fully saturated rings. The van der Waals surface area contributed by atoms with Gasteiger partial charge in [0.15, 0.2) is 11.4 Å². The smallest absolute Gasteiger partial charge is 0.276 e. The summed E-state index contributed by atoms with van der Waals surface area (Å²) >= 11 is 0. The van der Waals surface area contributed by atoms with Gasteiger partial charge in [-0.3, -0.25) is 19.7 Å². The van der Waals surface area contributed by atoms with E-state index in [2.05, 4.69) is 10.6 Å². The summed E-state index contributed by atoms with van der Waals surface area (Å²) in [5, 5.41) is 16.4. The van der Waals surface area contributed by atoms with E-state index in [0.717, 1.165) is 31.7 Å². The molecule has 3 atom stereocenters. The number of carbonyl (C=O) groups is 2. The Labute approximate surface area is 181 Å². The van der Waals surface area contributed by atoms with Gasteiger partial charge in [-0.2, -0.15) is 0 Å². The zero-order chi connectivity index (χ0) is 22.6. The van der Waals surface area contributed by atoms with E-state index < -0.39 is 34.6 Å². The van der Waals surface area contributed by atoms with Crippen LogP contribution in [0.4, 0.5) is 8.78 Å². The largest absolute Gasteiger partial charge is 0.503 e. The van der Waals surface area contributed by atoms with Gasteiger partial charge in [-0.15, -0.1) is 0 Å². The maximum atomic E-state index is 13.8. The fourth-order valence-corrected chi connectivity index (χ4v) is 5.05. The molecule has 0 bridgehead atoms. The summed E-state index contributed by atoms with van der Waals surface area (Å²) in [6.45, 7) is 0.0158. The molecule has 8 nitrogen and oxygen atoms in total. The number of aromatic nitrogens is 1. The number of halogens is 2. The van der Waals surface area contributed by atoms with E-state index in [1.165, 1.54) is 16.8 Å². The number of fused-ring (bicyclic) bond motifs is 4. The van der Waals surface area contributed by atoms with Crippen LogP contribution in [0.15, 0.2) is 29.2 Å². The number of hydrogen-bond donors (Lipinski definition) is 3. The summed E-state index contributed by atoms with van der Waals surface area (Å²) < 4.78 is 28.3. The van der Waals surface area contributed by atoms with Crippen LogP contribution in [0.5, 0.6) is 5.75 Å². The van der Waals surface area contributed by atoms with Gasteiger partial charge in [0, 0.05) is 36.5 Å². The van der Waals surface area contributed by atoms with E-state index in [1.54, 1.807) is 4.90 Å². The second-order valence-electron chi connectivity index (χ2n) is 8.49. The van der Waals surface area contributed by atoms with E-state index >= 15 is 0 Å². The van der Waals surface area contributed by atoms with Crippen LogP contribution in [-0.2, 0) is 13.1 Å². The molecule has 1 aromatic heterocycles. The van der Waals surface area contributed by atoms with E-state index in [4.69, 9.17) is 0 Å². The lowest BCUT2D eigenvalue weighted by atomic mass is 9.91. The first kappa shape index (κ1) is 20.6. The number of hydrogen-bond acceptors (Lipinski definition) is 5. The zero-order valence-corrected chi connectivity index (χ0v) is 17.1. The highest BCUT2D eigenvalue weighted by Gasteiger charge is 2.48. The van der Waals surface area contributed by atoms with Gasteiger partial charge in [0.05, 0.1) is 6.54 Å². The number of aromatic hydroxyl groups is 1. The highest BCUT2D eigenvalue weighted by molar-refractivity contribution is 5.99. The third-order valence-corrected chi connectivity index (χ3v) is 6.59. The summed E-state index contributed by atoms with van der Waals surface area (Å²) in [6, 6.07) is 3.16. The van der Waals surface area contributed by atoms with Crippen LogP contribution < -0.4 is 16.1 Å². The topological polar surface area (TPSA) is 104 Å². The molecule has 2 aromatic rings. The molecule has 3 heterocycles. The number of amides is 2. The average molecular weight is 444 g/mol. The van der Waals surface area contributed by atoms with Gasteiger partial charge in [-0.25, -0.2) is 8.78 Å². The quantitative estimate of drug-likeness (QED) is 0.665. The first-order chi connectivity index (χ1) is 15.3. The Hall–Kier alpha value is -3.27. The standard InChI is InChI=1S/C22H22F2N4O4/c23-12-6-5-11(14(24)7-12)8-25-21(31)13-9-27-10-17-26-15-3-1-2-4-16(15)28(17)22(32)18(27)20(30)19(13)29/h5-7,9,15-17,26,30H,1-4,8,10H2,(H,25,31). The summed E-state index contributed by atoms with van der Waals surface area (Å²) in [6.07, 6.45) is 4.90. The molecule has 32 heavy (non-hydrogen) atoms. The molecule has 2 aliphatic heterocycles. The van der Waals surface area contributed by atoms with Crippen LogP contribution in [0.3, 0.4) is 0 Å². The first-order valence-electron chi connectivity index (χ1n) is 10.6. The molecule has 1 saturated heterocycles. The summed E-state index contributed by atoms with van der Waals surface area (Å²) in [5.41, 5.74) is -1.40. The van der Waals surface area contributed by atoms with Gasteiger partial charge < -0.3 is 19.9 Å². The first-order valence-corrected chi connectivity index (χ1v) is 10.6. The van der Waals surface area contributed by atoms with Crippen LogP contribution in [0.25, 0.3) is 0 Å². The molecule has 3 N–H and O–H groups in total. The van der Waals surface area contributed by atoms with E-state index in [9.17, 15) is 28.3 Å². The van der Waals surface area contributed by atoms with Crippen molar-refractivity contribution in [1.82, 2.24) is 20.1 Å². The van der Waals surface area contributed by atoms with Crippen molar-refractivity contribution in [2.24, 2.45) is 0 Å². The predicted molar refractivity (Wildman–Crippen MR) is 109 cm³/mol. The maximum Gasteiger partial charge on any atom is 0.276 e. The normalized spacial score (nSPS) is 24.0. The molecular weight excluding hydrogens is 422 g/mol. The third-order valence-electron chi connectivity index (χ3n) is 6.59. The number of benzene rings is 1. The Kier molecular flexibility index (Phi) is 4.96. The molecule has 168 valence electrons. The second-order valence-corrected chi connectivity index (χ2v) is 8.49. The second kappa shape index (κ2) is 7.70. The fraction of sp³-hybridized carbons (Fsp3) is 0.409. The number of pyridine rings is 1. The van der Waals surface area contributed by atoms with Crippen molar-refractivity contribution in [2.45, 2.75) is 57.0 Å². The molecule has 3 aliphatic rings. The molecule has 0 radical (unpaired) electrons. The molecule has 0 spiro atoms. The molecule has 3 unspecified atom stereocenters. The Balaban J connectivity index is 1.42. The summed E-state index contributed by atoms with van der Waals surface area (Å²) in [7, 11) is 0. The van der Waals surface area contributed by atoms with Crippen LogP contribution >= 0.6 is 0 Å². The van der Waals surface area contributed by atoms with Gasteiger partial charge >= 0.3 is 0 Å². The molecule has 1 saturated carbocycles. The lowest BCUT2D eigenvalue weighted by molar-refractivity contribution is 0.0544. The molecule has 1 aliphatic carbocycles. The highest BCUT2D eigenvalue weighted by Crippen LogP contribution is 2.35. The summed E-state index contributed by atoms with van der Waals surface area (Å²) in [5.74, 6) is -3.59. The Morgan fingerprint density at radius 1 is 1.22 bits per heavy atom. The van der Waals surface area contributed by atoms with Crippen molar-refractivity contribution in [3.8, 4) is 5.75 Å². The van der Waals surface area contributed by atoms with Crippen molar-refractivity contribution in [3.05, 3.63) is 63.1 Å². The number of nitrogens with one attached hydrogen (secondary N) is 2. The molecule has 2 amide bonds. The predicted octanol–water partition coefficient (Wildman–Crippen LogP) is 1.46. The maximum absolute atomic E-state index is 13.8. The summed E-state index contributed by atoms with van der Waals surface area (Å²) in [4.78, 5) is 40.2. The minimum absolute atomic E-state index is 0.0260. The van der Waals surface area contributed by atoms with E-state index in [-0.39, 0.29) is 48.2 Å². The lowest BCUT2D eigenvalue weighted by Crippen LogP contribution is -2.51. The molecular formula is C22H22F2N4O4. The minimum Gasteiger partial charge on any atom is -0.503 e. The fourth-order valence-electron chi connectivity index (χ4n) is 5.05. The van der Waals surface area contributed by atoms with Gasteiger partial charge in [-0.1, -0.05) is 18.9 Å². The van der Waals surface area contributed by atoms with Crippen molar-refractivity contribution >= 4 is 11.8 Å². The zero-order valence-electron chi connectivity index (χ0n) is 17.1.